The maximum atomic E-state index is 10.4. The minimum absolute atomic E-state index is 0.178. The normalized spacial score (nSPS) is 21.3. The molecular weight excluding hydrogens is 290 g/mol. The van der Waals surface area contributed by atoms with Gasteiger partial charge in [-0.3, -0.25) is 0 Å². The molecule has 1 saturated heterocycles. The maximum absolute atomic E-state index is 10.4. The predicted molar refractivity (Wildman–Crippen MR) is 80.8 cm³/mol. The van der Waals surface area contributed by atoms with Gasteiger partial charge in [0.25, 0.3) is 0 Å². The highest BCUT2D eigenvalue weighted by atomic mass is 32.2. The van der Waals surface area contributed by atoms with E-state index in [1.54, 1.807) is 12.1 Å². The molecule has 120 valence electrons. The SMILES string of the molecule is C[N+]1(C)CCCCC1CO.Cc1ccc(S(=O)(=O)[O-])cc1. The molecule has 1 N–H and O–H groups in total. The van der Waals surface area contributed by atoms with Crippen molar-refractivity contribution in [1.82, 2.24) is 0 Å². The van der Waals surface area contributed by atoms with Crippen molar-refractivity contribution >= 4 is 10.1 Å². The van der Waals surface area contributed by atoms with Crippen LogP contribution in [0.1, 0.15) is 24.8 Å². The number of likely N-dealkylation sites (tertiary alicyclic amines) is 1. The molecule has 1 fully saturated rings. The fraction of sp³-hybridized carbons (Fsp3) is 0.600. The van der Waals surface area contributed by atoms with Crippen molar-refractivity contribution < 1.29 is 22.6 Å². The van der Waals surface area contributed by atoms with Gasteiger partial charge in [0.15, 0.2) is 0 Å². The number of likely N-dealkylation sites (N-methyl/N-ethyl adjacent to an activating group) is 1. The Hall–Kier alpha value is -0.950. The monoisotopic (exact) mass is 315 g/mol. The summed E-state index contributed by atoms with van der Waals surface area (Å²) in [6.45, 7) is 3.40. The van der Waals surface area contributed by atoms with Crippen LogP contribution in [-0.2, 0) is 10.1 Å². The van der Waals surface area contributed by atoms with E-state index >= 15 is 0 Å². The Balaban J connectivity index is 0.000000211. The van der Waals surface area contributed by atoms with Crippen LogP contribution in [-0.4, -0.2) is 55.8 Å². The number of rotatable bonds is 2. The molecule has 0 radical (unpaired) electrons. The lowest BCUT2D eigenvalue weighted by Gasteiger charge is -2.40. The van der Waals surface area contributed by atoms with Crippen molar-refractivity contribution in [2.75, 3.05) is 27.2 Å². The minimum Gasteiger partial charge on any atom is -0.744 e. The van der Waals surface area contributed by atoms with E-state index in [0.717, 1.165) is 10.0 Å². The van der Waals surface area contributed by atoms with Crippen LogP contribution in [0.4, 0.5) is 0 Å². The zero-order valence-electron chi connectivity index (χ0n) is 12.9. The number of hydrogen-bond donors (Lipinski definition) is 1. The number of aliphatic hydroxyl groups excluding tert-OH is 1. The van der Waals surface area contributed by atoms with Crippen molar-refractivity contribution in [2.45, 2.75) is 37.1 Å². The number of benzene rings is 1. The summed E-state index contributed by atoms with van der Waals surface area (Å²) in [6, 6.07) is 6.28. The zero-order valence-corrected chi connectivity index (χ0v) is 13.8. The van der Waals surface area contributed by atoms with Crippen LogP contribution in [0.2, 0.25) is 0 Å². The second-order valence-corrected chi connectivity index (χ2v) is 7.48. The predicted octanol–water partition coefficient (Wildman–Crippen LogP) is 1.51. The Kier molecular flexibility index (Phi) is 6.34. The van der Waals surface area contributed by atoms with E-state index in [4.69, 9.17) is 5.11 Å². The van der Waals surface area contributed by atoms with E-state index in [1.165, 1.54) is 37.9 Å². The molecule has 2 rings (SSSR count). The highest BCUT2D eigenvalue weighted by molar-refractivity contribution is 7.85. The Bertz CT molecular complexity index is 537. The number of piperidine rings is 1. The van der Waals surface area contributed by atoms with E-state index in [9.17, 15) is 13.0 Å². The highest BCUT2D eigenvalue weighted by Gasteiger charge is 2.30. The molecule has 0 aromatic heterocycles. The van der Waals surface area contributed by atoms with Crippen molar-refractivity contribution in [1.29, 1.82) is 0 Å². The summed E-state index contributed by atoms with van der Waals surface area (Å²) >= 11 is 0. The standard InChI is InChI=1S/C8H18NO.C7H8O3S/c1-9(2)6-4-3-5-8(9)7-10;1-6-2-4-7(5-3-6)11(8,9)10/h8,10H,3-7H2,1-2H3;2-5H,1H3,(H,8,9,10)/q+1;/p-1. The van der Waals surface area contributed by atoms with Gasteiger partial charge in [-0.2, -0.15) is 0 Å². The molecule has 1 atom stereocenters. The van der Waals surface area contributed by atoms with Gasteiger partial charge in [0, 0.05) is 6.42 Å². The fourth-order valence-electron chi connectivity index (χ4n) is 2.45. The van der Waals surface area contributed by atoms with Crippen LogP contribution in [0, 0.1) is 6.92 Å². The van der Waals surface area contributed by atoms with Crippen LogP contribution >= 0.6 is 0 Å². The van der Waals surface area contributed by atoms with Crippen LogP contribution in [0.3, 0.4) is 0 Å². The molecule has 0 saturated carbocycles. The number of aryl methyl sites for hydroxylation is 1. The topological polar surface area (TPSA) is 77.4 Å². The molecule has 1 aliphatic heterocycles. The number of hydrogen-bond acceptors (Lipinski definition) is 4. The zero-order chi connectivity index (χ0) is 16.1. The highest BCUT2D eigenvalue weighted by Crippen LogP contribution is 2.20. The van der Waals surface area contributed by atoms with Gasteiger partial charge < -0.3 is 14.1 Å². The first-order chi connectivity index (χ1) is 9.66. The molecule has 1 unspecified atom stereocenters. The second kappa shape index (κ2) is 7.35. The Morgan fingerprint density at radius 1 is 1.24 bits per heavy atom. The molecular formula is C15H25NO4S. The van der Waals surface area contributed by atoms with Crippen LogP contribution in [0.25, 0.3) is 0 Å². The molecule has 5 nitrogen and oxygen atoms in total. The summed E-state index contributed by atoms with van der Waals surface area (Å²) < 4.78 is 32.2. The summed E-state index contributed by atoms with van der Waals surface area (Å²) in [7, 11) is 0.147. The van der Waals surface area contributed by atoms with Gasteiger partial charge >= 0.3 is 0 Å². The molecule has 1 aromatic carbocycles. The molecule has 1 aromatic rings. The van der Waals surface area contributed by atoms with Crippen molar-refractivity contribution in [3.63, 3.8) is 0 Å². The van der Waals surface area contributed by atoms with Crippen LogP contribution in [0.15, 0.2) is 29.2 Å². The van der Waals surface area contributed by atoms with Gasteiger partial charge in [-0.25, -0.2) is 8.42 Å². The van der Waals surface area contributed by atoms with Gasteiger partial charge in [-0.05, 0) is 31.9 Å². The van der Waals surface area contributed by atoms with Gasteiger partial charge in [0.1, 0.15) is 16.2 Å². The average molecular weight is 315 g/mol. The summed E-state index contributed by atoms with van der Waals surface area (Å²) in [5.41, 5.74) is 0.928. The third kappa shape index (κ3) is 5.74. The number of nitrogens with zero attached hydrogens (tertiary/aromatic N) is 1. The first-order valence-corrected chi connectivity index (χ1v) is 8.54. The molecule has 21 heavy (non-hydrogen) atoms. The van der Waals surface area contributed by atoms with E-state index in [2.05, 4.69) is 14.1 Å². The molecule has 6 heteroatoms. The van der Waals surface area contributed by atoms with Gasteiger partial charge in [-0.1, -0.05) is 17.7 Å². The minimum atomic E-state index is -4.27. The quantitative estimate of drug-likeness (QED) is 0.663. The Morgan fingerprint density at radius 3 is 2.19 bits per heavy atom. The lowest BCUT2D eigenvalue weighted by Crippen LogP contribution is -2.53. The van der Waals surface area contributed by atoms with Crippen LogP contribution < -0.4 is 0 Å². The maximum Gasteiger partial charge on any atom is 0.124 e. The van der Waals surface area contributed by atoms with Crippen molar-refractivity contribution in [3.05, 3.63) is 29.8 Å². The van der Waals surface area contributed by atoms with Gasteiger partial charge in [-0.15, -0.1) is 0 Å². The van der Waals surface area contributed by atoms with Gasteiger partial charge in [0.2, 0.25) is 0 Å². The molecule has 0 aliphatic carbocycles. The lowest BCUT2D eigenvalue weighted by atomic mass is 10.0. The summed E-state index contributed by atoms with van der Waals surface area (Å²) in [4.78, 5) is -0.178. The first-order valence-electron chi connectivity index (χ1n) is 7.13. The number of aliphatic hydroxyl groups is 1. The largest absolute Gasteiger partial charge is 0.744 e. The lowest BCUT2D eigenvalue weighted by molar-refractivity contribution is -0.920. The molecule has 1 aliphatic rings. The van der Waals surface area contributed by atoms with Crippen molar-refractivity contribution in [2.24, 2.45) is 0 Å². The Morgan fingerprint density at radius 2 is 1.81 bits per heavy atom. The summed E-state index contributed by atoms with van der Waals surface area (Å²) in [5.74, 6) is 0. The van der Waals surface area contributed by atoms with Crippen LogP contribution in [0.5, 0.6) is 0 Å². The summed E-state index contributed by atoms with van der Waals surface area (Å²) in [5, 5.41) is 9.01. The van der Waals surface area contributed by atoms with E-state index in [0.29, 0.717) is 12.6 Å². The fourth-order valence-corrected chi connectivity index (χ4v) is 2.92. The van der Waals surface area contributed by atoms with E-state index in [-0.39, 0.29) is 4.90 Å². The molecule has 0 spiro atoms. The van der Waals surface area contributed by atoms with Crippen molar-refractivity contribution in [3.8, 4) is 0 Å². The Labute approximate surface area is 127 Å². The number of quaternary nitrogens is 1. The second-order valence-electron chi connectivity index (χ2n) is 6.10. The summed E-state index contributed by atoms with van der Waals surface area (Å²) in [6.07, 6.45) is 3.82. The molecule has 1 heterocycles. The third-order valence-corrected chi connectivity index (χ3v) is 4.88. The van der Waals surface area contributed by atoms with E-state index < -0.39 is 10.1 Å². The third-order valence-electron chi connectivity index (χ3n) is 4.03. The average Bonchev–Trinajstić information content (AvgIpc) is 2.38. The first kappa shape index (κ1) is 18.1. The molecule has 0 bridgehead atoms. The smallest absolute Gasteiger partial charge is 0.124 e. The van der Waals surface area contributed by atoms with Gasteiger partial charge in [0.05, 0.1) is 32.1 Å². The molecule has 0 amide bonds. The van der Waals surface area contributed by atoms with E-state index in [1.807, 2.05) is 6.92 Å².